The summed E-state index contributed by atoms with van der Waals surface area (Å²) in [6, 6.07) is 15.6. The van der Waals surface area contributed by atoms with E-state index in [0.717, 1.165) is 22.3 Å². The van der Waals surface area contributed by atoms with Crippen LogP contribution >= 0.6 is 0 Å². The number of benzene rings is 2. The van der Waals surface area contributed by atoms with Crippen molar-refractivity contribution in [3.8, 4) is 0 Å². The van der Waals surface area contributed by atoms with Gasteiger partial charge in [-0.15, -0.1) is 0 Å². The number of allylic oxidation sites excluding steroid dienone is 1. The van der Waals surface area contributed by atoms with Gasteiger partial charge in [0.2, 0.25) is 17.7 Å². The van der Waals surface area contributed by atoms with Crippen molar-refractivity contribution in [2.75, 3.05) is 13.2 Å². The third-order valence-electron chi connectivity index (χ3n) is 6.71. The van der Waals surface area contributed by atoms with Crippen LogP contribution in [0.1, 0.15) is 37.5 Å². The van der Waals surface area contributed by atoms with Gasteiger partial charge in [0.05, 0.1) is 19.2 Å². The van der Waals surface area contributed by atoms with E-state index in [1.807, 2.05) is 61.5 Å². The van der Waals surface area contributed by atoms with Gasteiger partial charge in [-0.2, -0.15) is 0 Å². The zero-order valence-corrected chi connectivity index (χ0v) is 20.7. The maximum absolute atomic E-state index is 12.9. The van der Waals surface area contributed by atoms with Gasteiger partial charge in [0.15, 0.2) is 5.78 Å². The maximum atomic E-state index is 12.9. The van der Waals surface area contributed by atoms with Gasteiger partial charge < -0.3 is 20.7 Å². The zero-order valence-electron chi connectivity index (χ0n) is 20.7. The molecule has 8 heteroatoms. The molecule has 0 saturated carbocycles. The number of amides is 3. The van der Waals surface area contributed by atoms with Crippen LogP contribution in [-0.2, 0) is 36.8 Å². The van der Waals surface area contributed by atoms with Crippen LogP contribution in [0.25, 0.3) is 5.57 Å². The molecule has 1 heterocycles. The van der Waals surface area contributed by atoms with E-state index in [-0.39, 0.29) is 18.2 Å². The van der Waals surface area contributed by atoms with Gasteiger partial charge in [0.1, 0.15) is 11.6 Å². The lowest BCUT2D eigenvalue weighted by Crippen LogP contribution is -2.52. The number of hydrogen-bond acceptors (Lipinski definition) is 5. The van der Waals surface area contributed by atoms with Gasteiger partial charge in [0, 0.05) is 12.0 Å². The Labute approximate surface area is 210 Å². The first-order valence-corrected chi connectivity index (χ1v) is 12.1. The van der Waals surface area contributed by atoms with E-state index in [2.05, 4.69) is 16.0 Å². The molecule has 3 amide bonds. The molecule has 4 rings (SSSR count). The Bertz CT molecular complexity index is 1220. The lowest BCUT2D eigenvalue weighted by Gasteiger charge is -2.20. The number of ketones is 1. The quantitative estimate of drug-likeness (QED) is 0.440. The van der Waals surface area contributed by atoms with Crippen LogP contribution in [0.15, 0.2) is 60.2 Å². The summed E-state index contributed by atoms with van der Waals surface area (Å²) in [4.78, 5) is 50.9. The van der Waals surface area contributed by atoms with Gasteiger partial charge in [-0.3, -0.25) is 19.2 Å². The Hall–Kier alpha value is -3.78. The number of fused-ring (bicyclic) bond motifs is 1. The summed E-state index contributed by atoms with van der Waals surface area (Å²) >= 11 is 0. The number of carbonyl (C=O) groups is 4. The Morgan fingerprint density at radius 2 is 1.67 bits per heavy atom. The summed E-state index contributed by atoms with van der Waals surface area (Å²) in [5.41, 5.74) is 3.67. The highest BCUT2D eigenvalue weighted by Crippen LogP contribution is 2.32. The monoisotopic (exact) mass is 489 g/mol. The Morgan fingerprint density at radius 1 is 1.00 bits per heavy atom. The minimum absolute atomic E-state index is 0.201. The summed E-state index contributed by atoms with van der Waals surface area (Å²) < 4.78 is 5.28. The molecule has 36 heavy (non-hydrogen) atoms. The molecule has 0 radical (unpaired) electrons. The summed E-state index contributed by atoms with van der Waals surface area (Å²) in [6.45, 7) is 5.17. The summed E-state index contributed by atoms with van der Waals surface area (Å²) in [7, 11) is 0. The first-order chi connectivity index (χ1) is 17.2. The van der Waals surface area contributed by atoms with Crippen LogP contribution < -0.4 is 16.0 Å². The largest absolute Gasteiger partial charge is 0.361 e. The molecule has 0 bridgehead atoms. The molecule has 1 aliphatic heterocycles. The number of nitrogens with one attached hydrogen (secondary N) is 3. The van der Waals surface area contributed by atoms with Crippen LogP contribution in [0, 0.1) is 0 Å². The molecule has 3 N–H and O–H groups in total. The van der Waals surface area contributed by atoms with E-state index in [4.69, 9.17) is 4.74 Å². The fraction of sp³-hybridized carbons (Fsp3) is 0.357. The smallest absolute Gasteiger partial charge is 0.248 e. The molecule has 2 unspecified atom stereocenters. The highest BCUT2D eigenvalue weighted by atomic mass is 16.6. The van der Waals surface area contributed by atoms with Crippen molar-refractivity contribution in [2.24, 2.45) is 0 Å². The molecular weight excluding hydrogens is 458 g/mol. The molecule has 8 nitrogen and oxygen atoms in total. The molecule has 2 aromatic rings. The van der Waals surface area contributed by atoms with Gasteiger partial charge in [0.25, 0.3) is 0 Å². The van der Waals surface area contributed by atoms with E-state index in [1.165, 1.54) is 0 Å². The van der Waals surface area contributed by atoms with Crippen LogP contribution in [0.5, 0.6) is 0 Å². The van der Waals surface area contributed by atoms with Crippen LogP contribution in [0.3, 0.4) is 0 Å². The molecule has 2 aliphatic rings. The molecule has 2 aromatic carbocycles. The fourth-order valence-corrected chi connectivity index (χ4v) is 4.37. The average Bonchev–Trinajstić information content (AvgIpc) is 3.54. The third kappa shape index (κ3) is 5.71. The van der Waals surface area contributed by atoms with E-state index in [1.54, 1.807) is 13.8 Å². The first kappa shape index (κ1) is 25.3. The molecule has 1 aliphatic carbocycles. The lowest BCUT2D eigenvalue weighted by atomic mass is 9.95. The minimum Gasteiger partial charge on any atom is -0.361 e. The Balaban J connectivity index is 1.29. The van der Waals surface area contributed by atoms with E-state index in [0.29, 0.717) is 25.0 Å². The van der Waals surface area contributed by atoms with Crippen LogP contribution in [-0.4, -0.2) is 54.3 Å². The van der Waals surface area contributed by atoms with Crippen molar-refractivity contribution in [1.29, 1.82) is 0 Å². The number of hydrogen-bond donors (Lipinski definition) is 3. The minimum atomic E-state index is -0.887. The van der Waals surface area contributed by atoms with E-state index >= 15 is 0 Å². The Kier molecular flexibility index (Phi) is 7.35. The van der Waals surface area contributed by atoms with Crippen LogP contribution in [0.2, 0.25) is 0 Å². The number of carbonyl (C=O) groups excluding carboxylic acids is 4. The molecule has 3 atom stereocenters. The van der Waals surface area contributed by atoms with Crippen molar-refractivity contribution in [3.05, 3.63) is 76.9 Å². The highest BCUT2D eigenvalue weighted by Gasteiger charge is 2.50. The molecule has 0 aromatic heterocycles. The zero-order chi connectivity index (χ0) is 25.9. The second-order valence-electron chi connectivity index (χ2n) is 9.54. The highest BCUT2D eigenvalue weighted by molar-refractivity contribution is 6.05. The summed E-state index contributed by atoms with van der Waals surface area (Å²) in [5, 5.41) is 7.99. The van der Waals surface area contributed by atoms with Crippen LogP contribution in [0.4, 0.5) is 0 Å². The molecule has 188 valence electrons. The maximum Gasteiger partial charge on any atom is 0.248 e. The van der Waals surface area contributed by atoms with Crippen molar-refractivity contribution in [2.45, 2.75) is 51.3 Å². The predicted molar refractivity (Wildman–Crippen MR) is 135 cm³/mol. The van der Waals surface area contributed by atoms with Crippen molar-refractivity contribution < 1.29 is 23.9 Å². The lowest BCUT2D eigenvalue weighted by molar-refractivity contribution is -0.131. The number of rotatable bonds is 10. The van der Waals surface area contributed by atoms with Crippen molar-refractivity contribution >= 4 is 29.1 Å². The number of epoxide rings is 1. The van der Waals surface area contributed by atoms with E-state index < -0.39 is 29.5 Å². The predicted octanol–water partition coefficient (Wildman–Crippen LogP) is 1.72. The number of Topliss-reactive ketones (excluding diaryl/α,β-unsaturated/α-hetero) is 1. The molecule has 1 saturated heterocycles. The normalized spacial score (nSPS) is 19.6. The standard InChI is InChI=1S/C28H31N3O5/c1-17-21-12-8-7-11-20(21)14-22(17)27(35)30-18(2)26(34)29-15-24(32)31-23(25(33)28(3)16-36-28)13-19-9-5-4-6-10-19/h4-12,18,23H,13-16H2,1-3H3,(H,29,34)(H,30,35)(H,31,32)/t18?,23?,28-/m1/s1. The third-order valence-corrected chi connectivity index (χ3v) is 6.71. The van der Waals surface area contributed by atoms with Gasteiger partial charge in [-0.25, -0.2) is 0 Å². The van der Waals surface area contributed by atoms with Crippen molar-refractivity contribution in [3.63, 3.8) is 0 Å². The molecular formula is C28H31N3O5. The first-order valence-electron chi connectivity index (χ1n) is 12.1. The second-order valence-corrected chi connectivity index (χ2v) is 9.54. The van der Waals surface area contributed by atoms with E-state index in [9.17, 15) is 19.2 Å². The summed E-state index contributed by atoms with van der Waals surface area (Å²) in [6.07, 6.45) is 0.839. The molecule has 0 spiro atoms. The van der Waals surface area contributed by atoms with Crippen molar-refractivity contribution in [1.82, 2.24) is 16.0 Å². The Morgan fingerprint density at radius 3 is 2.33 bits per heavy atom. The number of ether oxygens (including phenoxy) is 1. The van der Waals surface area contributed by atoms with Gasteiger partial charge in [-0.1, -0.05) is 54.6 Å². The second kappa shape index (κ2) is 10.5. The average molecular weight is 490 g/mol. The van der Waals surface area contributed by atoms with Gasteiger partial charge >= 0.3 is 0 Å². The SMILES string of the molecule is CC1=C(C(=O)NC(C)C(=O)NCC(=O)NC(Cc2ccccc2)C(=O)[C@@]2(C)CO2)Cc2ccccc21. The topological polar surface area (TPSA) is 117 Å². The van der Waals surface area contributed by atoms with Gasteiger partial charge in [-0.05, 0) is 49.5 Å². The fourth-order valence-electron chi connectivity index (χ4n) is 4.37. The molecule has 1 fully saturated rings. The summed E-state index contributed by atoms with van der Waals surface area (Å²) in [5.74, 6) is -1.49.